The van der Waals surface area contributed by atoms with Crippen molar-refractivity contribution < 1.29 is 19.4 Å². The zero-order chi connectivity index (χ0) is 30.1. The summed E-state index contributed by atoms with van der Waals surface area (Å²) in [6.07, 6.45) is 0.610. The summed E-state index contributed by atoms with van der Waals surface area (Å²) in [4.78, 5) is 30.9. The van der Waals surface area contributed by atoms with Crippen molar-refractivity contribution in [2.24, 2.45) is 5.11 Å². The number of ether oxygens (including phenoxy) is 1. The van der Waals surface area contributed by atoms with Gasteiger partial charge in [0, 0.05) is 35.1 Å². The molecule has 1 aliphatic heterocycles. The second-order valence-corrected chi connectivity index (χ2v) is 10.2. The number of nitrogens with one attached hydrogen (secondary N) is 1. The molecule has 1 unspecified atom stereocenters. The van der Waals surface area contributed by atoms with Gasteiger partial charge in [0.1, 0.15) is 0 Å². The monoisotopic (exact) mass is 585 g/mol. The maximum Gasteiger partial charge on any atom is 0.334 e. The Labute approximate surface area is 249 Å². The van der Waals surface area contributed by atoms with Crippen LogP contribution < -0.4 is 5.32 Å². The van der Waals surface area contributed by atoms with Crippen molar-refractivity contribution in [3.8, 4) is 0 Å². The molecule has 0 radical (unpaired) electrons. The van der Waals surface area contributed by atoms with Crippen molar-refractivity contribution in [2.75, 3.05) is 26.7 Å². The van der Waals surface area contributed by atoms with Crippen molar-refractivity contribution in [1.29, 1.82) is 0 Å². The number of azide groups is 1. The van der Waals surface area contributed by atoms with Crippen LogP contribution in [0.3, 0.4) is 0 Å². The summed E-state index contributed by atoms with van der Waals surface area (Å²) in [5.74, 6) is -2.34. The summed E-state index contributed by atoms with van der Waals surface area (Å²) in [5, 5.41) is 17.3. The molecule has 10 heteroatoms. The molecule has 1 heterocycles. The number of carboxylic acid groups (broad SMARTS) is 1. The fourth-order valence-corrected chi connectivity index (χ4v) is 5.44. The van der Waals surface area contributed by atoms with Gasteiger partial charge in [-0.2, -0.15) is 0 Å². The molecule has 42 heavy (non-hydrogen) atoms. The van der Waals surface area contributed by atoms with E-state index in [4.69, 9.17) is 21.9 Å². The molecule has 1 atom stereocenters. The second kappa shape index (κ2) is 14.3. The Morgan fingerprint density at radius 2 is 1.69 bits per heavy atom. The number of carbonyl (C=O) groups is 2. The van der Waals surface area contributed by atoms with Crippen LogP contribution in [0.2, 0.25) is 5.02 Å². The summed E-state index contributed by atoms with van der Waals surface area (Å²) in [7, 11) is 1.64. The van der Waals surface area contributed by atoms with Crippen LogP contribution in [0.4, 0.5) is 0 Å². The van der Waals surface area contributed by atoms with Crippen molar-refractivity contribution >= 4 is 23.5 Å². The van der Waals surface area contributed by atoms with E-state index in [9.17, 15) is 14.7 Å². The van der Waals surface area contributed by atoms with Crippen LogP contribution in [0.15, 0.2) is 113 Å². The summed E-state index contributed by atoms with van der Waals surface area (Å²) < 4.78 is 6.00. The van der Waals surface area contributed by atoms with E-state index in [2.05, 4.69) is 39.6 Å². The molecule has 0 spiro atoms. The zero-order valence-electron chi connectivity index (χ0n) is 23.4. The fraction of sp³-hybridized carbons (Fsp3) is 0.250. The molecular formula is C32H32ClN5O4. The molecule has 1 amide bonds. The van der Waals surface area contributed by atoms with Crippen molar-refractivity contribution in [1.82, 2.24) is 10.2 Å². The summed E-state index contributed by atoms with van der Waals surface area (Å²) in [6.45, 7) is 2.02. The number of carbonyl (C=O) groups excluding carboxylic acids is 1. The van der Waals surface area contributed by atoms with Gasteiger partial charge in [-0.1, -0.05) is 89.5 Å². The number of carboxylic acids is 1. The maximum atomic E-state index is 14.0. The average molecular weight is 586 g/mol. The minimum Gasteiger partial charge on any atom is -0.478 e. The zero-order valence-corrected chi connectivity index (χ0v) is 24.2. The first-order chi connectivity index (χ1) is 20.3. The Balaban J connectivity index is 1.70. The highest BCUT2D eigenvalue weighted by Crippen LogP contribution is 2.42. The summed E-state index contributed by atoms with van der Waals surface area (Å²) in [6, 6.07) is 26.9. The first kappa shape index (κ1) is 30.2. The highest BCUT2D eigenvalue weighted by Gasteiger charge is 2.40. The highest BCUT2D eigenvalue weighted by atomic mass is 35.5. The Bertz CT molecular complexity index is 1500. The van der Waals surface area contributed by atoms with Crippen molar-refractivity contribution in [3.05, 3.63) is 140 Å². The third-order valence-corrected chi connectivity index (χ3v) is 7.51. The van der Waals surface area contributed by atoms with Crippen LogP contribution in [-0.2, 0) is 14.3 Å². The maximum absolute atomic E-state index is 14.0. The number of allylic oxidation sites excluding steroid dienone is 1. The smallest absolute Gasteiger partial charge is 0.334 e. The molecule has 0 fully saturated rings. The standard InChI is InChI=1S/C32H32ClN5O4/c1-21-27(32(40)41)28(24-14-9-15-25(33)20-24)29(31(38(21)2)42-19-18-36-37-34)30(39)35-17-16-26(22-10-5-3-6-11-22)23-12-7-4-8-13-23/h3-15,20,26,28H,16-19H2,1-2H3,(H,35,39)(H,40,41). The van der Waals surface area contributed by atoms with E-state index in [0.29, 0.717) is 29.2 Å². The molecule has 0 aromatic heterocycles. The van der Waals surface area contributed by atoms with Gasteiger partial charge in [-0.3, -0.25) is 4.79 Å². The number of aliphatic carboxylic acids is 1. The Kier molecular flexibility index (Phi) is 10.3. The fourth-order valence-electron chi connectivity index (χ4n) is 5.24. The van der Waals surface area contributed by atoms with Crippen LogP contribution in [0, 0.1) is 0 Å². The van der Waals surface area contributed by atoms with E-state index in [0.717, 1.165) is 11.1 Å². The van der Waals surface area contributed by atoms with Gasteiger partial charge in [-0.15, -0.1) is 0 Å². The molecule has 9 nitrogen and oxygen atoms in total. The molecule has 0 saturated heterocycles. The van der Waals surface area contributed by atoms with E-state index in [1.807, 2.05) is 36.4 Å². The van der Waals surface area contributed by atoms with Gasteiger partial charge in [-0.25, -0.2) is 4.79 Å². The van der Waals surface area contributed by atoms with Gasteiger partial charge in [0.2, 0.25) is 5.88 Å². The number of nitrogens with zero attached hydrogens (tertiary/aromatic N) is 4. The molecule has 0 saturated carbocycles. The topological polar surface area (TPSA) is 128 Å². The predicted octanol–water partition coefficient (Wildman–Crippen LogP) is 6.60. The number of hydrogen-bond acceptors (Lipinski definition) is 5. The average Bonchev–Trinajstić information content (AvgIpc) is 2.99. The van der Waals surface area contributed by atoms with E-state index < -0.39 is 17.8 Å². The molecule has 2 N–H and O–H groups in total. The number of halogens is 1. The SMILES string of the molecule is CC1=C(C(=O)O)C(c2cccc(Cl)c2)C(C(=O)NCCC(c2ccccc2)c2ccccc2)=C(OCCN=[N+]=[N-])N1C. The predicted molar refractivity (Wildman–Crippen MR) is 162 cm³/mol. The summed E-state index contributed by atoms with van der Waals surface area (Å²) >= 11 is 6.31. The largest absolute Gasteiger partial charge is 0.478 e. The number of benzene rings is 3. The van der Waals surface area contributed by atoms with Gasteiger partial charge in [0.05, 0.1) is 30.2 Å². The lowest BCUT2D eigenvalue weighted by Gasteiger charge is -2.36. The van der Waals surface area contributed by atoms with E-state index in [1.54, 1.807) is 43.1 Å². The van der Waals surface area contributed by atoms with Gasteiger partial charge < -0.3 is 20.1 Å². The quantitative estimate of drug-likeness (QED) is 0.107. The Morgan fingerprint density at radius 1 is 1.05 bits per heavy atom. The molecular weight excluding hydrogens is 554 g/mol. The van der Waals surface area contributed by atoms with Crippen LogP contribution in [0.1, 0.15) is 41.9 Å². The number of amides is 1. The third kappa shape index (κ3) is 6.94. The van der Waals surface area contributed by atoms with Gasteiger partial charge in [0.25, 0.3) is 5.91 Å². The molecule has 0 bridgehead atoms. The second-order valence-electron chi connectivity index (χ2n) is 9.79. The van der Waals surface area contributed by atoms with Crippen molar-refractivity contribution in [2.45, 2.75) is 25.2 Å². The lowest BCUT2D eigenvalue weighted by atomic mass is 9.80. The minimum atomic E-state index is -1.16. The first-order valence-corrected chi connectivity index (χ1v) is 13.9. The molecule has 3 aromatic carbocycles. The molecule has 3 aromatic rings. The molecule has 216 valence electrons. The van der Waals surface area contributed by atoms with Crippen LogP contribution in [0.25, 0.3) is 10.4 Å². The number of rotatable bonds is 12. The minimum absolute atomic E-state index is 0.00253. The van der Waals surface area contributed by atoms with E-state index in [-0.39, 0.29) is 36.1 Å². The van der Waals surface area contributed by atoms with Crippen LogP contribution in [-0.4, -0.2) is 48.6 Å². The van der Waals surface area contributed by atoms with Crippen molar-refractivity contribution in [3.63, 3.8) is 0 Å². The van der Waals surface area contributed by atoms with E-state index >= 15 is 0 Å². The van der Waals surface area contributed by atoms with Gasteiger partial charge in [0.15, 0.2) is 0 Å². The summed E-state index contributed by atoms with van der Waals surface area (Å²) in [5.41, 5.74) is 12.1. The van der Waals surface area contributed by atoms with Gasteiger partial charge in [-0.05, 0) is 47.7 Å². The first-order valence-electron chi connectivity index (χ1n) is 13.5. The van der Waals surface area contributed by atoms with Crippen LogP contribution in [0.5, 0.6) is 0 Å². The van der Waals surface area contributed by atoms with Gasteiger partial charge >= 0.3 is 5.97 Å². The third-order valence-electron chi connectivity index (χ3n) is 7.28. The molecule has 1 aliphatic rings. The van der Waals surface area contributed by atoms with Crippen LogP contribution >= 0.6 is 11.6 Å². The molecule has 0 aliphatic carbocycles. The van der Waals surface area contributed by atoms with E-state index in [1.165, 1.54) is 0 Å². The lowest BCUT2D eigenvalue weighted by Crippen LogP contribution is -2.39. The highest BCUT2D eigenvalue weighted by molar-refractivity contribution is 6.30. The Hall–Kier alpha value is -4.72. The molecule has 4 rings (SSSR count). The number of hydrogen-bond donors (Lipinski definition) is 2. The lowest BCUT2D eigenvalue weighted by molar-refractivity contribution is -0.133. The normalized spacial score (nSPS) is 15.0. The Morgan fingerprint density at radius 3 is 2.26 bits per heavy atom.